The molecule has 2 rings (SSSR count). The molecule has 0 aliphatic carbocycles. The lowest BCUT2D eigenvalue weighted by molar-refractivity contribution is 0.0946. The fraction of sp³-hybridized carbons (Fsp3) is 0.444. The van der Waals surface area contributed by atoms with Crippen LogP contribution in [0.25, 0.3) is 5.69 Å². The van der Waals surface area contributed by atoms with Crippen LogP contribution in [0.4, 0.5) is 0 Å². The van der Waals surface area contributed by atoms with Crippen molar-refractivity contribution in [1.82, 2.24) is 14.9 Å². The summed E-state index contributed by atoms with van der Waals surface area (Å²) in [6.07, 6.45) is 8.37. The standard InChI is InChI=1S/C18H25N3OS/c1-3-5-6-14(4-2)13-20-17(22)15-7-9-16(10-8-15)21-12-11-19-18(21)23/h7-12,14H,3-6,13H2,1-2H3,(H,19,23)(H,20,22). The van der Waals surface area contributed by atoms with Crippen LogP contribution in [0.2, 0.25) is 0 Å². The molecule has 124 valence electrons. The molecule has 2 N–H and O–H groups in total. The monoisotopic (exact) mass is 331 g/mol. The molecule has 0 spiro atoms. The molecule has 4 nitrogen and oxygen atoms in total. The average Bonchev–Trinajstić information content (AvgIpc) is 3.01. The normalized spacial score (nSPS) is 12.1. The van der Waals surface area contributed by atoms with E-state index < -0.39 is 0 Å². The number of H-pyrrole nitrogens is 1. The maximum atomic E-state index is 12.3. The maximum Gasteiger partial charge on any atom is 0.251 e. The van der Waals surface area contributed by atoms with Gasteiger partial charge in [-0.3, -0.25) is 9.36 Å². The highest BCUT2D eigenvalue weighted by Crippen LogP contribution is 2.13. The summed E-state index contributed by atoms with van der Waals surface area (Å²) in [5.74, 6) is 0.556. The summed E-state index contributed by atoms with van der Waals surface area (Å²) in [4.78, 5) is 15.2. The zero-order valence-electron chi connectivity index (χ0n) is 13.8. The summed E-state index contributed by atoms with van der Waals surface area (Å²) in [5, 5.41) is 3.05. The second-order valence-corrected chi connectivity index (χ2v) is 6.20. The largest absolute Gasteiger partial charge is 0.352 e. The van der Waals surface area contributed by atoms with Crippen molar-refractivity contribution in [2.75, 3.05) is 6.54 Å². The van der Waals surface area contributed by atoms with Crippen molar-refractivity contribution in [2.45, 2.75) is 39.5 Å². The van der Waals surface area contributed by atoms with Crippen LogP contribution in [0.5, 0.6) is 0 Å². The van der Waals surface area contributed by atoms with Gasteiger partial charge in [-0.15, -0.1) is 0 Å². The Kier molecular flexibility index (Phi) is 6.59. The van der Waals surface area contributed by atoms with E-state index in [2.05, 4.69) is 24.1 Å². The van der Waals surface area contributed by atoms with Gasteiger partial charge in [0.25, 0.3) is 5.91 Å². The van der Waals surface area contributed by atoms with Gasteiger partial charge < -0.3 is 10.3 Å². The highest BCUT2D eigenvalue weighted by Gasteiger charge is 2.10. The van der Waals surface area contributed by atoms with E-state index in [4.69, 9.17) is 12.2 Å². The van der Waals surface area contributed by atoms with E-state index in [9.17, 15) is 4.79 Å². The Bertz CT molecular complexity index is 672. The molecular weight excluding hydrogens is 306 g/mol. The SMILES string of the molecule is CCCCC(CC)CNC(=O)c1ccc(-n2cc[nH]c2=S)cc1. The van der Waals surface area contributed by atoms with Crippen LogP contribution in [0.1, 0.15) is 49.9 Å². The topological polar surface area (TPSA) is 49.8 Å². The van der Waals surface area contributed by atoms with Gasteiger partial charge in [0, 0.05) is 30.2 Å². The van der Waals surface area contributed by atoms with Crippen molar-refractivity contribution >= 4 is 18.1 Å². The number of benzene rings is 1. The Morgan fingerprint density at radius 3 is 2.61 bits per heavy atom. The summed E-state index contributed by atoms with van der Waals surface area (Å²) >= 11 is 5.20. The van der Waals surface area contributed by atoms with Gasteiger partial charge in [0.1, 0.15) is 0 Å². The van der Waals surface area contributed by atoms with Crippen LogP contribution in [0, 0.1) is 10.7 Å². The predicted octanol–water partition coefficient (Wildman–Crippen LogP) is 4.48. The maximum absolute atomic E-state index is 12.3. The molecule has 0 saturated heterocycles. The van der Waals surface area contributed by atoms with Gasteiger partial charge in [-0.25, -0.2) is 0 Å². The zero-order valence-corrected chi connectivity index (χ0v) is 14.7. The number of hydrogen-bond acceptors (Lipinski definition) is 2. The van der Waals surface area contributed by atoms with Gasteiger partial charge in [-0.05, 0) is 48.8 Å². The van der Waals surface area contributed by atoms with Crippen LogP contribution in [-0.4, -0.2) is 22.0 Å². The molecular formula is C18H25N3OS. The van der Waals surface area contributed by atoms with E-state index in [1.54, 1.807) is 6.20 Å². The molecule has 23 heavy (non-hydrogen) atoms. The number of nitrogens with zero attached hydrogens (tertiary/aromatic N) is 1. The Balaban J connectivity index is 1.95. The highest BCUT2D eigenvalue weighted by atomic mass is 32.1. The molecule has 1 unspecified atom stereocenters. The van der Waals surface area contributed by atoms with Crippen molar-refractivity contribution in [1.29, 1.82) is 0 Å². The number of aromatic nitrogens is 2. The number of nitrogens with one attached hydrogen (secondary N) is 2. The van der Waals surface area contributed by atoms with Crippen molar-refractivity contribution < 1.29 is 4.79 Å². The Labute approximate surface area is 142 Å². The van der Waals surface area contributed by atoms with Crippen LogP contribution in [-0.2, 0) is 0 Å². The molecule has 0 aliphatic heterocycles. The number of aromatic amines is 1. The molecule has 1 heterocycles. The third-order valence-electron chi connectivity index (χ3n) is 4.15. The molecule has 5 heteroatoms. The van der Waals surface area contributed by atoms with Crippen molar-refractivity contribution in [3.8, 4) is 5.69 Å². The third kappa shape index (κ3) is 4.79. The fourth-order valence-corrected chi connectivity index (χ4v) is 2.81. The first-order valence-corrected chi connectivity index (χ1v) is 8.71. The molecule has 0 fully saturated rings. The van der Waals surface area contributed by atoms with Crippen LogP contribution in [0.3, 0.4) is 0 Å². The summed E-state index contributed by atoms with van der Waals surface area (Å²) < 4.78 is 2.51. The molecule has 0 radical (unpaired) electrons. The highest BCUT2D eigenvalue weighted by molar-refractivity contribution is 7.71. The zero-order chi connectivity index (χ0) is 16.7. The van der Waals surface area contributed by atoms with Crippen molar-refractivity contribution in [2.24, 2.45) is 5.92 Å². The molecule has 0 aliphatic rings. The molecule has 0 bridgehead atoms. The minimum Gasteiger partial charge on any atom is -0.352 e. The van der Waals surface area contributed by atoms with E-state index in [0.717, 1.165) is 18.7 Å². The quantitative estimate of drug-likeness (QED) is 0.701. The van der Waals surface area contributed by atoms with E-state index in [1.807, 2.05) is 35.0 Å². The van der Waals surface area contributed by atoms with Gasteiger partial charge in [0.05, 0.1) is 0 Å². The number of rotatable bonds is 8. The summed E-state index contributed by atoms with van der Waals surface area (Å²) in [6, 6.07) is 7.50. The van der Waals surface area contributed by atoms with Crippen molar-refractivity contribution in [3.63, 3.8) is 0 Å². The van der Waals surface area contributed by atoms with Crippen LogP contribution in [0.15, 0.2) is 36.7 Å². The second kappa shape index (κ2) is 8.67. The predicted molar refractivity (Wildman–Crippen MR) is 96.6 cm³/mol. The summed E-state index contributed by atoms with van der Waals surface area (Å²) in [5.41, 5.74) is 1.63. The van der Waals surface area contributed by atoms with Gasteiger partial charge in [0.2, 0.25) is 0 Å². The van der Waals surface area contributed by atoms with E-state index >= 15 is 0 Å². The van der Waals surface area contributed by atoms with Gasteiger partial charge in [-0.1, -0.05) is 33.1 Å². The smallest absolute Gasteiger partial charge is 0.251 e. The minimum absolute atomic E-state index is 0.0100. The van der Waals surface area contributed by atoms with E-state index in [0.29, 0.717) is 16.3 Å². The molecule has 1 atom stereocenters. The van der Waals surface area contributed by atoms with Gasteiger partial charge >= 0.3 is 0 Å². The lowest BCUT2D eigenvalue weighted by atomic mass is 9.99. The first kappa shape index (κ1) is 17.5. The molecule has 2 aromatic rings. The average molecular weight is 331 g/mol. The Morgan fingerprint density at radius 2 is 2.04 bits per heavy atom. The first-order valence-electron chi connectivity index (χ1n) is 8.30. The number of unbranched alkanes of at least 4 members (excludes halogenated alkanes) is 1. The van der Waals surface area contributed by atoms with E-state index in [-0.39, 0.29) is 5.91 Å². The van der Waals surface area contributed by atoms with Gasteiger partial charge in [-0.2, -0.15) is 0 Å². The fourth-order valence-electron chi connectivity index (χ4n) is 2.58. The third-order valence-corrected chi connectivity index (χ3v) is 4.47. The van der Waals surface area contributed by atoms with Crippen LogP contribution < -0.4 is 5.32 Å². The second-order valence-electron chi connectivity index (χ2n) is 5.81. The number of imidazole rings is 1. The Hall–Kier alpha value is -1.88. The number of amides is 1. The van der Waals surface area contributed by atoms with Gasteiger partial charge in [0.15, 0.2) is 4.77 Å². The van der Waals surface area contributed by atoms with E-state index in [1.165, 1.54) is 19.3 Å². The number of carbonyl (C=O) groups excluding carboxylic acids is 1. The molecule has 1 aromatic heterocycles. The molecule has 0 saturated carbocycles. The number of carbonyl (C=O) groups is 1. The van der Waals surface area contributed by atoms with Crippen LogP contribution >= 0.6 is 12.2 Å². The first-order chi connectivity index (χ1) is 11.2. The minimum atomic E-state index is -0.0100. The number of hydrogen-bond donors (Lipinski definition) is 2. The molecule has 1 amide bonds. The van der Waals surface area contributed by atoms with Crippen molar-refractivity contribution in [3.05, 3.63) is 47.0 Å². The summed E-state index contributed by atoms with van der Waals surface area (Å²) in [7, 11) is 0. The Morgan fingerprint density at radius 1 is 1.30 bits per heavy atom. The lowest BCUT2D eigenvalue weighted by Crippen LogP contribution is -2.29. The molecule has 1 aromatic carbocycles. The lowest BCUT2D eigenvalue weighted by Gasteiger charge is -2.15. The summed E-state index contributed by atoms with van der Waals surface area (Å²) in [6.45, 7) is 5.13.